The molecule has 0 saturated carbocycles. The normalized spacial score (nSPS) is 16.8. The van der Waals surface area contributed by atoms with Crippen LogP contribution in [-0.2, 0) is 6.54 Å². The molecular formula is C16H20N6O2. The molecule has 0 unspecified atom stereocenters. The maximum atomic E-state index is 12.6. The number of rotatable bonds is 3. The number of aromatic nitrogens is 4. The summed E-state index contributed by atoms with van der Waals surface area (Å²) in [6.45, 7) is 6.87. The van der Waals surface area contributed by atoms with Gasteiger partial charge in [-0.3, -0.25) is 9.59 Å². The zero-order valence-electron chi connectivity index (χ0n) is 13.9. The highest BCUT2D eigenvalue weighted by atomic mass is 16.2. The van der Waals surface area contributed by atoms with Gasteiger partial charge in [-0.25, -0.2) is 4.98 Å². The van der Waals surface area contributed by atoms with Crippen molar-refractivity contribution in [3.05, 3.63) is 41.7 Å². The van der Waals surface area contributed by atoms with E-state index in [1.807, 2.05) is 25.3 Å². The lowest BCUT2D eigenvalue weighted by atomic mass is 10.1. The van der Waals surface area contributed by atoms with Crippen LogP contribution in [-0.4, -0.2) is 49.0 Å². The van der Waals surface area contributed by atoms with Crippen LogP contribution in [0.3, 0.4) is 0 Å². The summed E-state index contributed by atoms with van der Waals surface area (Å²) in [6, 6.07) is 1.47. The molecule has 8 nitrogen and oxygen atoms in total. The van der Waals surface area contributed by atoms with E-state index in [1.165, 1.54) is 12.4 Å². The number of carbonyl (C=O) groups is 2. The molecule has 126 valence electrons. The van der Waals surface area contributed by atoms with Crippen LogP contribution >= 0.6 is 0 Å². The van der Waals surface area contributed by atoms with Crippen LogP contribution < -0.4 is 5.32 Å². The van der Waals surface area contributed by atoms with Crippen LogP contribution in [0.15, 0.2) is 24.7 Å². The molecule has 2 amide bonds. The molecule has 24 heavy (non-hydrogen) atoms. The van der Waals surface area contributed by atoms with Crippen molar-refractivity contribution in [3.8, 4) is 0 Å². The van der Waals surface area contributed by atoms with Crippen LogP contribution in [0.5, 0.6) is 0 Å². The lowest BCUT2D eigenvalue weighted by molar-refractivity contribution is 0.0637. The Morgan fingerprint density at radius 3 is 2.75 bits per heavy atom. The fourth-order valence-corrected chi connectivity index (χ4v) is 2.80. The molecule has 2 aromatic rings. The molecule has 0 aromatic carbocycles. The largest absolute Gasteiger partial charge is 0.348 e. The number of amides is 2. The van der Waals surface area contributed by atoms with E-state index in [2.05, 4.69) is 20.5 Å². The molecule has 3 rings (SSSR count). The SMILES string of the molecule is CC(C)NC(=O)c1cn2c(n1)[C@@H](C)N(C(=O)c1ccnnc1)CC2. The molecule has 0 aliphatic carbocycles. The number of nitrogens with one attached hydrogen (secondary N) is 1. The number of fused-ring (bicyclic) bond motifs is 1. The van der Waals surface area contributed by atoms with E-state index in [4.69, 9.17) is 0 Å². The summed E-state index contributed by atoms with van der Waals surface area (Å²) in [6.07, 6.45) is 4.70. The predicted octanol–water partition coefficient (Wildman–Crippen LogP) is 1.03. The van der Waals surface area contributed by atoms with Crippen LogP contribution in [0.25, 0.3) is 0 Å². The van der Waals surface area contributed by atoms with Gasteiger partial charge in [-0.05, 0) is 26.8 Å². The fraction of sp³-hybridized carbons (Fsp3) is 0.438. The Balaban J connectivity index is 1.83. The molecule has 8 heteroatoms. The minimum absolute atomic E-state index is 0.0471. The number of imidazole rings is 1. The quantitative estimate of drug-likeness (QED) is 0.908. The van der Waals surface area contributed by atoms with Gasteiger partial charge < -0.3 is 14.8 Å². The molecule has 0 radical (unpaired) electrons. The minimum Gasteiger partial charge on any atom is -0.348 e. The molecule has 1 atom stereocenters. The van der Waals surface area contributed by atoms with Gasteiger partial charge in [0.2, 0.25) is 0 Å². The molecular weight excluding hydrogens is 308 g/mol. The molecule has 0 spiro atoms. The summed E-state index contributed by atoms with van der Waals surface area (Å²) >= 11 is 0. The average molecular weight is 328 g/mol. The first kappa shape index (κ1) is 16.1. The van der Waals surface area contributed by atoms with Crippen LogP contribution in [0.2, 0.25) is 0 Å². The molecule has 0 saturated heterocycles. The zero-order valence-corrected chi connectivity index (χ0v) is 13.9. The van der Waals surface area contributed by atoms with Crippen molar-refractivity contribution >= 4 is 11.8 Å². The molecule has 0 fully saturated rings. The first-order valence-electron chi connectivity index (χ1n) is 7.93. The van der Waals surface area contributed by atoms with Gasteiger partial charge in [0, 0.05) is 25.3 Å². The Morgan fingerprint density at radius 2 is 2.08 bits per heavy atom. The third-order valence-corrected chi connectivity index (χ3v) is 3.97. The summed E-state index contributed by atoms with van der Waals surface area (Å²) in [5, 5.41) is 10.3. The number of hydrogen-bond donors (Lipinski definition) is 1. The Kier molecular flexibility index (Phi) is 4.28. The van der Waals surface area contributed by atoms with E-state index >= 15 is 0 Å². The van der Waals surface area contributed by atoms with E-state index in [1.54, 1.807) is 17.2 Å². The van der Waals surface area contributed by atoms with Gasteiger partial charge in [0.15, 0.2) is 0 Å². The van der Waals surface area contributed by atoms with Gasteiger partial charge in [0.25, 0.3) is 11.8 Å². The Bertz CT molecular complexity index is 755. The third kappa shape index (κ3) is 2.99. The average Bonchev–Trinajstić information content (AvgIpc) is 3.00. The van der Waals surface area contributed by atoms with Crippen molar-refractivity contribution in [3.63, 3.8) is 0 Å². The minimum atomic E-state index is -0.222. The fourth-order valence-electron chi connectivity index (χ4n) is 2.80. The van der Waals surface area contributed by atoms with Crippen molar-refractivity contribution in [1.29, 1.82) is 0 Å². The van der Waals surface area contributed by atoms with Crippen molar-refractivity contribution in [2.24, 2.45) is 0 Å². The topological polar surface area (TPSA) is 93.0 Å². The van der Waals surface area contributed by atoms with Gasteiger partial charge in [0.1, 0.15) is 11.5 Å². The lowest BCUT2D eigenvalue weighted by Crippen LogP contribution is -2.41. The van der Waals surface area contributed by atoms with Gasteiger partial charge in [-0.15, -0.1) is 0 Å². The number of nitrogens with zero attached hydrogens (tertiary/aromatic N) is 5. The summed E-state index contributed by atoms with van der Waals surface area (Å²) in [5.74, 6) is 0.403. The van der Waals surface area contributed by atoms with Crippen molar-refractivity contribution in [2.45, 2.75) is 39.4 Å². The molecule has 1 aliphatic heterocycles. The molecule has 1 N–H and O–H groups in total. The molecule has 1 aliphatic rings. The van der Waals surface area contributed by atoms with Gasteiger partial charge >= 0.3 is 0 Å². The molecule has 3 heterocycles. The first-order chi connectivity index (χ1) is 11.5. The Labute approximate surface area is 139 Å². The second kappa shape index (κ2) is 6.38. The molecule has 2 aromatic heterocycles. The second-order valence-electron chi connectivity index (χ2n) is 6.11. The summed E-state index contributed by atoms with van der Waals surface area (Å²) < 4.78 is 1.94. The van der Waals surface area contributed by atoms with Crippen molar-refractivity contribution in [1.82, 2.24) is 30.0 Å². The summed E-state index contributed by atoms with van der Waals surface area (Å²) in [7, 11) is 0. The summed E-state index contributed by atoms with van der Waals surface area (Å²) in [4.78, 5) is 31.0. The highest BCUT2D eigenvalue weighted by Gasteiger charge is 2.31. The van der Waals surface area contributed by atoms with Gasteiger partial charge in [-0.2, -0.15) is 10.2 Å². The van der Waals surface area contributed by atoms with E-state index < -0.39 is 0 Å². The number of carbonyl (C=O) groups excluding carboxylic acids is 2. The van der Waals surface area contributed by atoms with E-state index in [0.29, 0.717) is 30.2 Å². The van der Waals surface area contributed by atoms with E-state index in [0.717, 1.165) is 0 Å². The van der Waals surface area contributed by atoms with E-state index in [-0.39, 0.29) is 23.9 Å². The first-order valence-corrected chi connectivity index (χ1v) is 7.93. The van der Waals surface area contributed by atoms with E-state index in [9.17, 15) is 9.59 Å². The Hall–Kier alpha value is -2.77. The Morgan fingerprint density at radius 1 is 1.29 bits per heavy atom. The highest BCUT2D eigenvalue weighted by molar-refractivity contribution is 5.94. The summed E-state index contributed by atoms with van der Waals surface area (Å²) in [5.41, 5.74) is 0.875. The van der Waals surface area contributed by atoms with Crippen LogP contribution in [0.1, 0.15) is 53.5 Å². The second-order valence-corrected chi connectivity index (χ2v) is 6.11. The molecule has 0 bridgehead atoms. The maximum Gasteiger partial charge on any atom is 0.271 e. The highest BCUT2D eigenvalue weighted by Crippen LogP contribution is 2.26. The van der Waals surface area contributed by atoms with Crippen molar-refractivity contribution in [2.75, 3.05) is 6.54 Å². The smallest absolute Gasteiger partial charge is 0.271 e. The van der Waals surface area contributed by atoms with Crippen LogP contribution in [0, 0.1) is 0 Å². The number of hydrogen-bond acceptors (Lipinski definition) is 5. The zero-order chi connectivity index (χ0) is 17.3. The van der Waals surface area contributed by atoms with Crippen molar-refractivity contribution < 1.29 is 9.59 Å². The predicted molar refractivity (Wildman–Crippen MR) is 86.3 cm³/mol. The van der Waals surface area contributed by atoms with Gasteiger partial charge in [-0.1, -0.05) is 0 Å². The van der Waals surface area contributed by atoms with Crippen LogP contribution in [0.4, 0.5) is 0 Å². The lowest BCUT2D eigenvalue weighted by Gasteiger charge is -2.33. The standard InChI is InChI=1S/C16H20N6O2/c1-10(2)19-15(23)13-9-21-6-7-22(11(3)14(21)20-13)16(24)12-4-5-17-18-8-12/h4-5,8-11H,6-7H2,1-3H3,(H,19,23)/t11-/m1/s1. The monoisotopic (exact) mass is 328 g/mol. The maximum absolute atomic E-state index is 12.6. The van der Waals surface area contributed by atoms with Gasteiger partial charge in [0.05, 0.1) is 24.0 Å². The third-order valence-electron chi connectivity index (χ3n) is 3.97.